The normalized spacial score (nSPS) is 13.2. The van der Waals surface area contributed by atoms with E-state index in [-0.39, 0.29) is 6.10 Å². The first-order chi connectivity index (χ1) is 6.27. The molecule has 0 rings (SSSR count). The summed E-state index contributed by atoms with van der Waals surface area (Å²) in [6, 6.07) is 0. The van der Waals surface area contributed by atoms with Crippen LogP contribution in [0.5, 0.6) is 0 Å². The molecular formula is C10H23NO2. The summed E-state index contributed by atoms with van der Waals surface area (Å²) < 4.78 is 0. The van der Waals surface area contributed by atoms with E-state index in [0.29, 0.717) is 6.61 Å². The van der Waals surface area contributed by atoms with E-state index < -0.39 is 0 Å². The highest BCUT2D eigenvalue weighted by Crippen LogP contribution is 1.95. The number of unbranched alkanes of at least 4 members (excludes halogenated alkanes) is 2. The molecule has 0 aliphatic rings. The molecule has 0 aromatic rings. The van der Waals surface area contributed by atoms with Crippen LogP contribution in [-0.2, 0) is 0 Å². The summed E-state index contributed by atoms with van der Waals surface area (Å²) in [4.78, 5) is 0. The van der Waals surface area contributed by atoms with Crippen LogP contribution in [0.25, 0.3) is 0 Å². The number of hydrogen-bond donors (Lipinski definition) is 3. The Morgan fingerprint density at radius 3 is 2.38 bits per heavy atom. The van der Waals surface area contributed by atoms with Crippen LogP contribution >= 0.6 is 0 Å². The summed E-state index contributed by atoms with van der Waals surface area (Å²) in [6.07, 6.45) is 4.89. The highest BCUT2D eigenvalue weighted by atomic mass is 16.3. The standard InChI is InChI=1S/C10H23NO2/c1-10(13)6-5-8-11-7-3-2-4-9-12/h10-13H,2-9H2,1H3. The molecular weight excluding hydrogens is 166 g/mol. The number of aliphatic hydroxyl groups is 2. The Bertz CT molecular complexity index is 96.9. The van der Waals surface area contributed by atoms with Gasteiger partial charge in [-0.05, 0) is 52.1 Å². The Balaban J connectivity index is 2.84. The minimum absolute atomic E-state index is 0.170. The SMILES string of the molecule is CC(O)CCCNCCCCCO. The van der Waals surface area contributed by atoms with Gasteiger partial charge in [-0.25, -0.2) is 0 Å². The maximum Gasteiger partial charge on any atom is 0.0512 e. The third-order valence-corrected chi connectivity index (χ3v) is 1.99. The quantitative estimate of drug-likeness (QED) is 0.472. The smallest absolute Gasteiger partial charge is 0.0512 e. The summed E-state index contributed by atoms with van der Waals surface area (Å²) in [6.45, 7) is 4.15. The van der Waals surface area contributed by atoms with Crippen molar-refractivity contribution in [2.45, 2.75) is 45.1 Å². The van der Waals surface area contributed by atoms with Crippen LogP contribution in [-0.4, -0.2) is 36.0 Å². The fourth-order valence-corrected chi connectivity index (χ4v) is 1.19. The minimum atomic E-state index is -0.170. The number of rotatable bonds is 9. The molecule has 0 saturated carbocycles. The van der Waals surface area contributed by atoms with E-state index in [2.05, 4.69) is 5.32 Å². The van der Waals surface area contributed by atoms with Gasteiger partial charge in [0.2, 0.25) is 0 Å². The molecule has 3 N–H and O–H groups in total. The summed E-state index contributed by atoms with van der Waals surface area (Å²) in [5, 5.41) is 20.8. The molecule has 13 heavy (non-hydrogen) atoms. The molecule has 3 heteroatoms. The molecule has 1 unspecified atom stereocenters. The van der Waals surface area contributed by atoms with Gasteiger partial charge >= 0.3 is 0 Å². The number of nitrogens with one attached hydrogen (secondary N) is 1. The Labute approximate surface area is 81.2 Å². The van der Waals surface area contributed by atoms with E-state index in [1.165, 1.54) is 0 Å². The van der Waals surface area contributed by atoms with E-state index in [4.69, 9.17) is 10.2 Å². The average Bonchev–Trinajstić information content (AvgIpc) is 2.09. The summed E-state index contributed by atoms with van der Waals surface area (Å²) >= 11 is 0. The van der Waals surface area contributed by atoms with Gasteiger partial charge < -0.3 is 15.5 Å². The van der Waals surface area contributed by atoms with Gasteiger partial charge in [-0.15, -0.1) is 0 Å². The topological polar surface area (TPSA) is 52.5 Å². The molecule has 0 saturated heterocycles. The Hall–Kier alpha value is -0.120. The van der Waals surface area contributed by atoms with Crippen molar-refractivity contribution in [3.8, 4) is 0 Å². The second-order valence-corrected chi connectivity index (χ2v) is 3.53. The van der Waals surface area contributed by atoms with Gasteiger partial charge in [-0.3, -0.25) is 0 Å². The van der Waals surface area contributed by atoms with E-state index in [9.17, 15) is 0 Å². The maximum absolute atomic E-state index is 8.97. The molecule has 0 aromatic heterocycles. The molecule has 0 radical (unpaired) electrons. The van der Waals surface area contributed by atoms with E-state index in [1.807, 2.05) is 6.92 Å². The molecule has 0 bridgehead atoms. The summed E-state index contributed by atoms with van der Waals surface area (Å²) in [7, 11) is 0. The monoisotopic (exact) mass is 189 g/mol. The highest BCUT2D eigenvalue weighted by Gasteiger charge is 1.94. The summed E-state index contributed by atoms with van der Waals surface area (Å²) in [5.41, 5.74) is 0. The third-order valence-electron chi connectivity index (χ3n) is 1.99. The van der Waals surface area contributed by atoms with Gasteiger partial charge in [0, 0.05) is 6.61 Å². The van der Waals surface area contributed by atoms with E-state index >= 15 is 0 Å². The zero-order chi connectivity index (χ0) is 9.94. The number of aliphatic hydroxyl groups excluding tert-OH is 2. The lowest BCUT2D eigenvalue weighted by Gasteiger charge is -2.05. The Morgan fingerprint density at radius 1 is 1.08 bits per heavy atom. The Morgan fingerprint density at radius 2 is 1.77 bits per heavy atom. The van der Waals surface area contributed by atoms with Crippen molar-refractivity contribution in [3.63, 3.8) is 0 Å². The van der Waals surface area contributed by atoms with Gasteiger partial charge in [0.1, 0.15) is 0 Å². The third kappa shape index (κ3) is 11.9. The minimum Gasteiger partial charge on any atom is -0.396 e. The maximum atomic E-state index is 8.97. The lowest BCUT2D eigenvalue weighted by molar-refractivity contribution is 0.181. The van der Waals surface area contributed by atoms with Crippen molar-refractivity contribution >= 4 is 0 Å². The molecule has 0 fully saturated rings. The van der Waals surface area contributed by atoms with Crippen LogP contribution in [0, 0.1) is 0 Å². The predicted molar refractivity (Wildman–Crippen MR) is 54.7 cm³/mol. The molecule has 1 atom stereocenters. The molecule has 0 aliphatic heterocycles. The zero-order valence-electron chi connectivity index (χ0n) is 8.63. The van der Waals surface area contributed by atoms with Crippen molar-refractivity contribution in [2.75, 3.05) is 19.7 Å². The highest BCUT2D eigenvalue weighted by molar-refractivity contribution is 4.52. The summed E-state index contributed by atoms with van der Waals surface area (Å²) in [5.74, 6) is 0. The largest absolute Gasteiger partial charge is 0.396 e. The molecule has 0 aromatic carbocycles. The second-order valence-electron chi connectivity index (χ2n) is 3.53. The average molecular weight is 189 g/mol. The van der Waals surface area contributed by atoms with Gasteiger partial charge in [-0.1, -0.05) is 0 Å². The first kappa shape index (κ1) is 12.9. The van der Waals surface area contributed by atoms with E-state index in [1.54, 1.807) is 0 Å². The van der Waals surface area contributed by atoms with Crippen molar-refractivity contribution in [1.29, 1.82) is 0 Å². The van der Waals surface area contributed by atoms with Crippen molar-refractivity contribution < 1.29 is 10.2 Å². The number of hydrogen-bond acceptors (Lipinski definition) is 3. The van der Waals surface area contributed by atoms with Crippen LogP contribution in [0.15, 0.2) is 0 Å². The molecule has 3 nitrogen and oxygen atoms in total. The fourth-order valence-electron chi connectivity index (χ4n) is 1.19. The van der Waals surface area contributed by atoms with Crippen molar-refractivity contribution in [1.82, 2.24) is 5.32 Å². The first-order valence-corrected chi connectivity index (χ1v) is 5.27. The first-order valence-electron chi connectivity index (χ1n) is 5.27. The van der Waals surface area contributed by atoms with Gasteiger partial charge in [0.15, 0.2) is 0 Å². The molecule has 0 heterocycles. The van der Waals surface area contributed by atoms with E-state index in [0.717, 1.165) is 45.2 Å². The van der Waals surface area contributed by atoms with Gasteiger partial charge in [0.25, 0.3) is 0 Å². The lowest BCUT2D eigenvalue weighted by atomic mass is 10.2. The van der Waals surface area contributed by atoms with Gasteiger partial charge in [-0.2, -0.15) is 0 Å². The van der Waals surface area contributed by atoms with Crippen LogP contribution < -0.4 is 5.32 Å². The van der Waals surface area contributed by atoms with Crippen LogP contribution in [0.3, 0.4) is 0 Å². The molecule has 0 aliphatic carbocycles. The molecule has 80 valence electrons. The van der Waals surface area contributed by atoms with Gasteiger partial charge in [0.05, 0.1) is 6.10 Å². The van der Waals surface area contributed by atoms with Crippen LogP contribution in [0.1, 0.15) is 39.0 Å². The Kier molecular flexibility index (Phi) is 9.87. The lowest BCUT2D eigenvalue weighted by Crippen LogP contribution is -2.17. The zero-order valence-corrected chi connectivity index (χ0v) is 8.63. The van der Waals surface area contributed by atoms with Crippen molar-refractivity contribution in [3.05, 3.63) is 0 Å². The van der Waals surface area contributed by atoms with Crippen LogP contribution in [0.2, 0.25) is 0 Å². The van der Waals surface area contributed by atoms with Crippen LogP contribution in [0.4, 0.5) is 0 Å². The van der Waals surface area contributed by atoms with Crippen molar-refractivity contribution in [2.24, 2.45) is 0 Å². The fraction of sp³-hybridized carbons (Fsp3) is 1.00. The second kappa shape index (κ2) is 9.96. The molecule has 0 spiro atoms. The molecule has 0 amide bonds. The predicted octanol–water partition coefficient (Wildman–Crippen LogP) is 0.900.